The average molecular weight is 205 g/mol. The van der Waals surface area contributed by atoms with Gasteiger partial charge >= 0.3 is 5.97 Å². The van der Waals surface area contributed by atoms with Crippen LogP contribution in [0, 0.1) is 5.41 Å². The maximum absolute atomic E-state index is 12.9. The van der Waals surface area contributed by atoms with E-state index in [1.807, 2.05) is 0 Å². The van der Waals surface area contributed by atoms with Crippen LogP contribution in [0.2, 0.25) is 0 Å². The van der Waals surface area contributed by atoms with Gasteiger partial charge < -0.3 is 10.1 Å². The van der Waals surface area contributed by atoms with Gasteiger partial charge in [-0.25, -0.2) is 8.78 Å². The molecule has 2 fully saturated rings. The Morgan fingerprint density at radius 3 is 2.71 bits per heavy atom. The number of carbonyl (C=O) groups is 1. The van der Waals surface area contributed by atoms with Crippen molar-refractivity contribution in [1.29, 1.82) is 0 Å². The summed E-state index contributed by atoms with van der Waals surface area (Å²) in [4.78, 5) is 11.2. The van der Waals surface area contributed by atoms with Crippen molar-refractivity contribution < 1.29 is 18.3 Å². The maximum Gasteiger partial charge on any atom is 0.323 e. The van der Waals surface area contributed by atoms with Crippen molar-refractivity contribution in [1.82, 2.24) is 5.32 Å². The quantitative estimate of drug-likeness (QED) is 0.682. The van der Waals surface area contributed by atoms with Crippen LogP contribution in [0.1, 0.15) is 19.8 Å². The number of hydrogen-bond acceptors (Lipinski definition) is 3. The summed E-state index contributed by atoms with van der Waals surface area (Å²) in [7, 11) is 0. The lowest BCUT2D eigenvalue weighted by Crippen LogP contribution is -2.32. The lowest BCUT2D eigenvalue weighted by molar-refractivity contribution is -0.145. The topological polar surface area (TPSA) is 38.3 Å². The summed E-state index contributed by atoms with van der Waals surface area (Å²) in [5.74, 6) is -2.99. The molecule has 2 atom stereocenters. The molecule has 1 spiro atoms. The molecular formula is C9H13F2NO2. The van der Waals surface area contributed by atoms with Crippen LogP contribution in [0.4, 0.5) is 8.78 Å². The van der Waals surface area contributed by atoms with E-state index in [1.165, 1.54) is 0 Å². The molecule has 1 N–H and O–H groups in total. The van der Waals surface area contributed by atoms with Crippen molar-refractivity contribution in [3.05, 3.63) is 0 Å². The lowest BCUT2D eigenvalue weighted by atomic mass is 10.0. The van der Waals surface area contributed by atoms with Gasteiger partial charge in [0.2, 0.25) is 0 Å². The van der Waals surface area contributed by atoms with Crippen molar-refractivity contribution in [2.75, 3.05) is 13.2 Å². The molecule has 5 heteroatoms. The number of alkyl halides is 2. The molecule has 3 nitrogen and oxygen atoms in total. The van der Waals surface area contributed by atoms with Gasteiger partial charge in [-0.3, -0.25) is 4.79 Å². The van der Waals surface area contributed by atoms with Crippen molar-refractivity contribution in [2.45, 2.75) is 31.7 Å². The molecule has 1 aliphatic heterocycles. The van der Waals surface area contributed by atoms with Crippen molar-refractivity contribution in [3.63, 3.8) is 0 Å². The fourth-order valence-electron chi connectivity index (χ4n) is 2.06. The molecule has 2 aliphatic rings. The summed E-state index contributed by atoms with van der Waals surface area (Å²) in [6.07, 6.45) is 0.113. The summed E-state index contributed by atoms with van der Waals surface area (Å²) >= 11 is 0. The maximum atomic E-state index is 12.9. The zero-order valence-electron chi connectivity index (χ0n) is 7.98. The van der Waals surface area contributed by atoms with Gasteiger partial charge in [-0.15, -0.1) is 0 Å². The van der Waals surface area contributed by atoms with Crippen LogP contribution in [-0.2, 0) is 9.53 Å². The van der Waals surface area contributed by atoms with Crippen LogP contribution in [0.25, 0.3) is 0 Å². The van der Waals surface area contributed by atoms with E-state index in [0.717, 1.165) is 0 Å². The molecule has 0 aromatic carbocycles. The molecule has 0 aromatic heterocycles. The Labute approximate surface area is 80.8 Å². The molecule has 2 unspecified atom stereocenters. The predicted octanol–water partition coefficient (Wildman–Crippen LogP) is 0.937. The number of rotatable bonds is 2. The van der Waals surface area contributed by atoms with Crippen LogP contribution in [0.3, 0.4) is 0 Å². The standard InChI is InChI=1S/C9H13F2NO2/c1-2-14-7(13)6-3-8(5-12-6)4-9(8,10)11/h6,12H,2-5H2,1H3. The Hall–Kier alpha value is -0.710. The zero-order chi connectivity index (χ0) is 10.4. The van der Waals surface area contributed by atoms with E-state index in [1.54, 1.807) is 6.92 Å². The van der Waals surface area contributed by atoms with Crippen molar-refractivity contribution in [3.8, 4) is 0 Å². The fraction of sp³-hybridized carbons (Fsp3) is 0.889. The van der Waals surface area contributed by atoms with Crippen molar-refractivity contribution in [2.24, 2.45) is 5.41 Å². The number of hydrogen-bond donors (Lipinski definition) is 1. The molecule has 1 saturated carbocycles. The Morgan fingerprint density at radius 2 is 2.29 bits per heavy atom. The van der Waals surface area contributed by atoms with Gasteiger partial charge in [0.15, 0.2) is 0 Å². The molecule has 2 rings (SSSR count). The molecule has 1 heterocycles. The van der Waals surface area contributed by atoms with Crippen LogP contribution in [0.15, 0.2) is 0 Å². The summed E-state index contributed by atoms with van der Waals surface area (Å²) in [6, 6.07) is -0.539. The molecule has 0 bridgehead atoms. The monoisotopic (exact) mass is 205 g/mol. The van der Waals surface area contributed by atoms with E-state index in [2.05, 4.69) is 5.32 Å². The van der Waals surface area contributed by atoms with Gasteiger partial charge in [-0.1, -0.05) is 0 Å². The van der Waals surface area contributed by atoms with Gasteiger partial charge in [0, 0.05) is 13.0 Å². The lowest BCUT2D eigenvalue weighted by Gasteiger charge is -2.08. The summed E-state index contributed by atoms with van der Waals surface area (Å²) < 4.78 is 30.6. The summed E-state index contributed by atoms with van der Waals surface area (Å²) in [5, 5.41) is 2.80. The fourth-order valence-corrected chi connectivity index (χ4v) is 2.06. The number of esters is 1. The molecular weight excluding hydrogens is 192 g/mol. The van der Waals surface area contributed by atoms with Gasteiger partial charge in [-0.05, 0) is 13.3 Å². The third-order valence-electron chi connectivity index (χ3n) is 3.06. The molecule has 0 amide bonds. The third kappa shape index (κ3) is 1.30. The Bertz CT molecular complexity index is 270. The molecule has 80 valence electrons. The van der Waals surface area contributed by atoms with Crippen molar-refractivity contribution >= 4 is 5.97 Å². The zero-order valence-corrected chi connectivity index (χ0v) is 7.98. The highest BCUT2D eigenvalue weighted by molar-refractivity contribution is 5.76. The Kier molecular flexibility index (Phi) is 2.03. The number of nitrogens with one attached hydrogen (secondary N) is 1. The van der Waals surface area contributed by atoms with Gasteiger partial charge in [0.1, 0.15) is 6.04 Å². The average Bonchev–Trinajstić information content (AvgIpc) is 2.44. The second-order valence-electron chi connectivity index (χ2n) is 4.05. The van der Waals surface area contributed by atoms with Crippen LogP contribution >= 0.6 is 0 Å². The molecule has 0 aromatic rings. The van der Waals surface area contributed by atoms with E-state index in [-0.39, 0.29) is 19.4 Å². The first-order valence-corrected chi connectivity index (χ1v) is 4.79. The minimum absolute atomic E-state index is 0.0943. The Balaban J connectivity index is 1.93. The van der Waals surface area contributed by atoms with Crippen LogP contribution in [0.5, 0.6) is 0 Å². The highest BCUT2D eigenvalue weighted by atomic mass is 19.3. The Morgan fingerprint density at radius 1 is 1.64 bits per heavy atom. The second-order valence-corrected chi connectivity index (χ2v) is 4.05. The first-order chi connectivity index (χ1) is 6.51. The number of carbonyl (C=O) groups excluding carboxylic acids is 1. The minimum Gasteiger partial charge on any atom is -0.465 e. The first kappa shape index (κ1) is 9.83. The molecule has 0 radical (unpaired) electrons. The minimum atomic E-state index is -2.58. The van der Waals surface area contributed by atoms with E-state index >= 15 is 0 Å². The van der Waals surface area contributed by atoms with E-state index in [0.29, 0.717) is 6.61 Å². The number of ether oxygens (including phenoxy) is 1. The van der Waals surface area contributed by atoms with E-state index in [4.69, 9.17) is 4.74 Å². The van der Waals surface area contributed by atoms with Crippen LogP contribution in [-0.4, -0.2) is 31.1 Å². The highest BCUT2D eigenvalue weighted by Crippen LogP contribution is 2.64. The summed E-state index contributed by atoms with van der Waals surface area (Å²) in [5.41, 5.74) is -0.954. The largest absolute Gasteiger partial charge is 0.465 e. The van der Waals surface area contributed by atoms with Gasteiger partial charge in [-0.2, -0.15) is 0 Å². The predicted molar refractivity (Wildman–Crippen MR) is 45.0 cm³/mol. The molecule has 1 saturated heterocycles. The third-order valence-corrected chi connectivity index (χ3v) is 3.06. The summed E-state index contributed by atoms with van der Waals surface area (Å²) in [6.45, 7) is 2.22. The second kappa shape index (κ2) is 2.89. The van der Waals surface area contributed by atoms with E-state index < -0.39 is 23.3 Å². The first-order valence-electron chi connectivity index (χ1n) is 4.79. The van der Waals surface area contributed by atoms with Crippen LogP contribution < -0.4 is 5.32 Å². The normalized spacial score (nSPS) is 38.6. The number of halogens is 2. The smallest absolute Gasteiger partial charge is 0.323 e. The molecule has 1 aliphatic carbocycles. The SMILES string of the molecule is CCOC(=O)C1CC2(CN1)CC2(F)F. The van der Waals surface area contributed by atoms with Gasteiger partial charge in [0.25, 0.3) is 5.92 Å². The highest BCUT2D eigenvalue weighted by Gasteiger charge is 2.73. The van der Waals surface area contributed by atoms with E-state index in [9.17, 15) is 13.6 Å². The van der Waals surface area contributed by atoms with Gasteiger partial charge in [0.05, 0.1) is 12.0 Å². The molecule has 14 heavy (non-hydrogen) atoms.